The Balaban J connectivity index is 1.41. The maximum atomic E-state index is 12.4. The summed E-state index contributed by atoms with van der Waals surface area (Å²) in [6, 6.07) is 2.09. The van der Waals surface area contributed by atoms with Crippen LogP contribution in [0.2, 0.25) is 0 Å². The number of aryl methyl sites for hydroxylation is 2. The molecule has 1 aliphatic carbocycles. The van der Waals surface area contributed by atoms with Crippen LogP contribution in [-0.2, 0) is 25.9 Å². The van der Waals surface area contributed by atoms with E-state index in [0.29, 0.717) is 6.54 Å². The smallest absolute Gasteiger partial charge is 0.261 e. The van der Waals surface area contributed by atoms with E-state index in [2.05, 4.69) is 34.1 Å². The predicted molar refractivity (Wildman–Crippen MR) is 89.6 cm³/mol. The largest absolute Gasteiger partial charge is 0.346 e. The van der Waals surface area contributed by atoms with Gasteiger partial charge in [-0.15, -0.1) is 11.3 Å². The van der Waals surface area contributed by atoms with Crippen molar-refractivity contribution in [1.82, 2.24) is 14.9 Å². The molecular weight excluding hydrogens is 314 g/mol. The summed E-state index contributed by atoms with van der Waals surface area (Å²) in [5.74, 6) is 1.88. The summed E-state index contributed by atoms with van der Waals surface area (Å²) in [4.78, 5) is 19.1. The van der Waals surface area contributed by atoms with Gasteiger partial charge in [0.15, 0.2) is 5.16 Å². The third-order valence-electron chi connectivity index (χ3n) is 4.34. The molecule has 2 aromatic rings. The second kappa shape index (κ2) is 5.74. The highest BCUT2D eigenvalue weighted by atomic mass is 32.2. The van der Waals surface area contributed by atoms with E-state index in [9.17, 15) is 4.79 Å². The summed E-state index contributed by atoms with van der Waals surface area (Å²) in [5.41, 5.74) is 2.33. The van der Waals surface area contributed by atoms with Crippen LogP contribution in [0.3, 0.4) is 0 Å². The predicted octanol–water partition coefficient (Wildman–Crippen LogP) is 3.11. The quantitative estimate of drug-likeness (QED) is 0.939. The zero-order valence-corrected chi connectivity index (χ0v) is 14.2. The van der Waals surface area contributed by atoms with Crippen LogP contribution in [0.1, 0.15) is 39.2 Å². The summed E-state index contributed by atoms with van der Waals surface area (Å²) in [5, 5.41) is 4.08. The van der Waals surface area contributed by atoms with Crippen LogP contribution in [0, 0.1) is 5.92 Å². The number of aromatic nitrogens is 2. The Kier molecular flexibility index (Phi) is 3.74. The average molecular weight is 333 g/mol. The Morgan fingerprint density at radius 3 is 3.32 bits per heavy atom. The molecule has 0 saturated carbocycles. The van der Waals surface area contributed by atoms with Gasteiger partial charge in [0.1, 0.15) is 0 Å². The first-order chi connectivity index (χ1) is 10.7. The van der Waals surface area contributed by atoms with E-state index in [0.717, 1.165) is 46.8 Å². The van der Waals surface area contributed by atoms with Crippen molar-refractivity contribution in [3.05, 3.63) is 33.3 Å². The van der Waals surface area contributed by atoms with Gasteiger partial charge in [-0.1, -0.05) is 18.7 Å². The number of hydrogen-bond acceptors (Lipinski definition) is 4. The topological polar surface area (TPSA) is 46.9 Å². The van der Waals surface area contributed by atoms with Crippen LogP contribution in [0.4, 0.5) is 0 Å². The number of thioether (sulfide) groups is 1. The maximum Gasteiger partial charge on any atom is 0.261 e. The lowest BCUT2D eigenvalue weighted by Gasteiger charge is -2.16. The summed E-state index contributed by atoms with van der Waals surface area (Å²) in [6.07, 6.45) is 5.53. The van der Waals surface area contributed by atoms with E-state index >= 15 is 0 Å². The summed E-state index contributed by atoms with van der Waals surface area (Å²) >= 11 is 3.44. The van der Waals surface area contributed by atoms with Crippen LogP contribution < -0.4 is 5.32 Å². The van der Waals surface area contributed by atoms with E-state index in [-0.39, 0.29) is 5.91 Å². The minimum absolute atomic E-state index is 0.0351. The zero-order chi connectivity index (χ0) is 15.1. The molecule has 3 heterocycles. The van der Waals surface area contributed by atoms with Crippen LogP contribution in [0.25, 0.3) is 0 Å². The molecule has 0 saturated heterocycles. The van der Waals surface area contributed by atoms with Gasteiger partial charge in [0, 0.05) is 23.4 Å². The number of carbonyl (C=O) groups is 1. The number of nitrogens with zero attached hydrogens (tertiary/aromatic N) is 2. The van der Waals surface area contributed by atoms with Crippen molar-refractivity contribution in [2.75, 3.05) is 5.75 Å². The number of nitrogens with one attached hydrogen (secondary N) is 1. The van der Waals surface area contributed by atoms with Crippen LogP contribution in [0.15, 0.2) is 17.4 Å². The van der Waals surface area contributed by atoms with Gasteiger partial charge < -0.3 is 9.88 Å². The SMILES string of the molecule is C[C@H]1CCc2sc(C(=O)NCc3cn4c(n3)SCC4)cc2C1. The molecule has 0 unspecified atom stereocenters. The second-order valence-corrected chi connectivity index (χ2v) is 8.35. The fraction of sp³-hybridized carbons (Fsp3) is 0.500. The van der Waals surface area contributed by atoms with Crippen molar-refractivity contribution in [1.29, 1.82) is 0 Å². The van der Waals surface area contributed by atoms with E-state index in [1.807, 2.05) is 0 Å². The van der Waals surface area contributed by atoms with Crippen molar-refractivity contribution < 1.29 is 4.79 Å². The average Bonchev–Trinajstić information content (AvgIpc) is 3.17. The first-order valence-electron chi connectivity index (χ1n) is 7.77. The number of imidazole rings is 1. The molecule has 2 aromatic heterocycles. The number of rotatable bonds is 3. The highest BCUT2D eigenvalue weighted by Gasteiger charge is 2.21. The first kappa shape index (κ1) is 14.3. The highest BCUT2D eigenvalue weighted by Crippen LogP contribution is 2.32. The van der Waals surface area contributed by atoms with Gasteiger partial charge in [-0.3, -0.25) is 4.79 Å². The lowest BCUT2D eigenvalue weighted by molar-refractivity contribution is 0.0954. The van der Waals surface area contributed by atoms with Gasteiger partial charge in [-0.2, -0.15) is 0 Å². The number of hydrogen-bond donors (Lipinski definition) is 1. The number of carbonyl (C=O) groups excluding carboxylic acids is 1. The fourth-order valence-electron chi connectivity index (χ4n) is 3.12. The van der Waals surface area contributed by atoms with Gasteiger partial charge in [0.2, 0.25) is 0 Å². The number of thiophene rings is 1. The van der Waals surface area contributed by atoms with E-state index in [4.69, 9.17) is 0 Å². The Hall–Kier alpha value is -1.27. The van der Waals surface area contributed by atoms with Crippen molar-refractivity contribution in [3.8, 4) is 0 Å². The van der Waals surface area contributed by atoms with Crippen molar-refractivity contribution in [3.63, 3.8) is 0 Å². The van der Waals surface area contributed by atoms with Crippen molar-refractivity contribution >= 4 is 29.0 Å². The molecule has 0 radical (unpaired) electrons. The number of amides is 1. The van der Waals surface area contributed by atoms with Crippen molar-refractivity contribution in [2.24, 2.45) is 5.92 Å². The molecule has 0 bridgehead atoms. The molecule has 0 spiro atoms. The van der Waals surface area contributed by atoms with Gasteiger partial charge in [-0.05, 0) is 36.8 Å². The van der Waals surface area contributed by atoms with Crippen LogP contribution in [0.5, 0.6) is 0 Å². The van der Waals surface area contributed by atoms with Gasteiger partial charge in [-0.25, -0.2) is 4.98 Å². The summed E-state index contributed by atoms with van der Waals surface area (Å²) in [7, 11) is 0. The monoisotopic (exact) mass is 333 g/mol. The minimum atomic E-state index is 0.0351. The molecule has 1 N–H and O–H groups in total. The lowest BCUT2D eigenvalue weighted by atomic mass is 9.90. The molecule has 1 amide bonds. The first-order valence-corrected chi connectivity index (χ1v) is 9.58. The van der Waals surface area contributed by atoms with Crippen LogP contribution in [-0.4, -0.2) is 21.2 Å². The molecule has 6 heteroatoms. The fourth-order valence-corrected chi connectivity index (χ4v) is 5.21. The highest BCUT2D eigenvalue weighted by molar-refractivity contribution is 7.99. The zero-order valence-electron chi connectivity index (χ0n) is 12.6. The maximum absolute atomic E-state index is 12.4. The normalized spacial score (nSPS) is 19.8. The molecule has 0 fully saturated rings. The summed E-state index contributed by atoms with van der Waals surface area (Å²) in [6.45, 7) is 3.82. The Morgan fingerprint density at radius 2 is 2.45 bits per heavy atom. The van der Waals surface area contributed by atoms with Gasteiger partial charge in [0.25, 0.3) is 5.91 Å². The van der Waals surface area contributed by atoms with E-state index in [1.165, 1.54) is 16.9 Å². The van der Waals surface area contributed by atoms with E-state index in [1.54, 1.807) is 23.1 Å². The molecule has 4 nitrogen and oxygen atoms in total. The molecule has 2 aliphatic rings. The Morgan fingerprint density at radius 1 is 1.55 bits per heavy atom. The molecular formula is C16H19N3OS2. The molecule has 1 aliphatic heterocycles. The van der Waals surface area contributed by atoms with Gasteiger partial charge in [0.05, 0.1) is 17.1 Å². The standard InChI is InChI=1S/C16H19N3OS2/c1-10-2-3-13-11(6-10)7-14(22-13)15(20)17-8-12-9-19-4-5-21-16(19)18-12/h7,9-10H,2-6,8H2,1H3,(H,17,20)/t10-/m0/s1. The Labute approximate surface area is 138 Å². The van der Waals surface area contributed by atoms with Gasteiger partial charge >= 0.3 is 0 Å². The molecule has 0 aromatic carbocycles. The Bertz CT molecular complexity index is 698. The number of fused-ring (bicyclic) bond motifs is 2. The molecule has 1 atom stereocenters. The van der Waals surface area contributed by atoms with Crippen LogP contribution >= 0.6 is 23.1 Å². The third-order valence-corrected chi connectivity index (χ3v) is 6.54. The lowest BCUT2D eigenvalue weighted by Crippen LogP contribution is -2.22. The van der Waals surface area contributed by atoms with Crippen molar-refractivity contribution in [2.45, 2.75) is 44.4 Å². The minimum Gasteiger partial charge on any atom is -0.346 e. The second-order valence-electron chi connectivity index (χ2n) is 6.15. The summed E-state index contributed by atoms with van der Waals surface area (Å²) < 4.78 is 2.16. The third kappa shape index (κ3) is 2.70. The molecule has 22 heavy (non-hydrogen) atoms. The van der Waals surface area contributed by atoms with E-state index < -0.39 is 0 Å². The molecule has 116 valence electrons. The molecule has 4 rings (SSSR count).